The molecule has 1 aromatic carbocycles. The number of hydrogen-bond donors (Lipinski definition) is 0. The maximum atomic E-state index is 2.37. The molecule has 0 aliphatic carbocycles. The lowest BCUT2D eigenvalue weighted by molar-refractivity contribution is 0.669. The number of benzene rings is 1. The Bertz CT molecular complexity index is 242. The summed E-state index contributed by atoms with van der Waals surface area (Å²) in [6, 6.07) is 11.0. The minimum atomic E-state index is 0.579. The van der Waals surface area contributed by atoms with E-state index in [-0.39, 0.29) is 0 Å². The van der Waals surface area contributed by atoms with Gasteiger partial charge in [0.25, 0.3) is 0 Å². The van der Waals surface area contributed by atoms with Crippen LogP contribution >= 0.6 is 0 Å². The van der Waals surface area contributed by atoms with E-state index < -0.39 is 0 Å². The number of hydrogen-bond acceptors (Lipinski definition) is 0. The van der Waals surface area contributed by atoms with Gasteiger partial charge in [0.1, 0.15) is 11.5 Å². The van der Waals surface area contributed by atoms with E-state index >= 15 is 0 Å². The van der Waals surface area contributed by atoms with Crippen molar-refractivity contribution in [2.75, 3.05) is 11.5 Å². The summed E-state index contributed by atoms with van der Waals surface area (Å²) in [6.07, 6.45) is 1.43. The van der Waals surface area contributed by atoms with E-state index in [9.17, 15) is 0 Å². The van der Waals surface area contributed by atoms with Crippen LogP contribution in [0.25, 0.3) is 0 Å². The van der Waals surface area contributed by atoms with Gasteiger partial charge in [0, 0.05) is 16.8 Å². The Balaban J connectivity index is 2.11. The molecule has 0 radical (unpaired) electrons. The molecule has 0 amide bonds. The monoisotopic (exact) mass is 179 g/mol. The Morgan fingerprint density at radius 2 is 2.00 bits per heavy atom. The van der Waals surface area contributed by atoms with Crippen LogP contribution in [0.15, 0.2) is 35.2 Å². The summed E-state index contributed by atoms with van der Waals surface area (Å²) in [6.45, 7) is 2.37. The third kappa shape index (κ3) is 1.66. The minimum absolute atomic E-state index is 0.579. The molecule has 1 aliphatic heterocycles. The lowest BCUT2D eigenvalue weighted by Crippen LogP contribution is -2.04. The Labute approximate surface area is 77.3 Å². The van der Waals surface area contributed by atoms with Gasteiger partial charge in [-0.05, 0) is 18.6 Å². The summed E-state index contributed by atoms with van der Waals surface area (Å²) in [5, 5.41) is 0. The molecule has 0 bridgehead atoms. The Hall–Kier alpha value is -0.430. The Morgan fingerprint density at radius 1 is 1.25 bits per heavy atom. The fraction of sp³-hybridized carbons (Fsp3) is 0.455. The molecule has 1 aliphatic rings. The van der Waals surface area contributed by atoms with Crippen molar-refractivity contribution >= 4 is 10.9 Å². The lowest BCUT2D eigenvalue weighted by atomic mass is 10.2. The van der Waals surface area contributed by atoms with Crippen LogP contribution in [0.2, 0.25) is 0 Å². The quantitative estimate of drug-likeness (QED) is 0.581. The summed E-state index contributed by atoms with van der Waals surface area (Å²) < 4.78 is 0. The van der Waals surface area contributed by atoms with Crippen molar-refractivity contribution in [3.05, 3.63) is 30.3 Å². The first kappa shape index (κ1) is 8.18. The third-order valence-corrected chi connectivity index (χ3v) is 5.06. The smallest absolute Gasteiger partial charge is 0.0619 e. The van der Waals surface area contributed by atoms with Crippen molar-refractivity contribution < 1.29 is 0 Å². The molecule has 1 fully saturated rings. The Morgan fingerprint density at radius 3 is 2.58 bits per heavy atom. The van der Waals surface area contributed by atoms with Crippen LogP contribution in [-0.4, -0.2) is 11.5 Å². The van der Waals surface area contributed by atoms with Crippen molar-refractivity contribution in [1.82, 2.24) is 0 Å². The van der Waals surface area contributed by atoms with Crippen molar-refractivity contribution in [3.8, 4) is 0 Å². The first-order valence-electron chi connectivity index (χ1n) is 4.59. The zero-order valence-corrected chi connectivity index (χ0v) is 8.31. The van der Waals surface area contributed by atoms with E-state index in [4.69, 9.17) is 0 Å². The molecule has 0 saturated carbocycles. The van der Waals surface area contributed by atoms with E-state index in [1.807, 2.05) is 0 Å². The van der Waals surface area contributed by atoms with Crippen LogP contribution in [0.1, 0.15) is 13.3 Å². The zero-order valence-electron chi connectivity index (χ0n) is 7.49. The van der Waals surface area contributed by atoms with Crippen molar-refractivity contribution in [3.63, 3.8) is 0 Å². The van der Waals surface area contributed by atoms with Gasteiger partial charge in [0.05, 0.1) is 0 Å². The second-order valence-corrected chi connectivity index (χ2v) is 5.77. The van der Waals surface area contributed by atoms with Crippen LogP contribution in [0.5, 0.6) is 0 Å². The molecule has 2 rings (SSSR count). The molecular weight excluding hydrogens is 164 g/mol. The van der Waals surface area contributed by atoms with Crippen molar-refractivity contribution in [2.45, 2.75) is 18.2 Å². The van der Waals surface area contributed by atoms with E-state index in [1.165, 1.54) is 17.9 Å². The highest BCUT2D eigenvalue weighted by atomic mass is 32.2. The summed E-state index contributed by atoms with van der Waals surface area (Å²) in [5.74, 6) is 3.79. The third-order valence-electron chi connectivity index (χ3n) is 2.42. The summed E-state index contributed by atoms with van der Waals surface area (Å²) in [7, 11) is 0.579. The van der Waals surface area contributed by atoms with E-state index in [1.54, 1.807) is 4.90 Å². The SMILES string of the molecule is C[C@H]1CC[S+](c2ccccc2)C1. The van der Waals surface area contributed by atoms with Gasteiger partial charge in [0.15, 0.2) is 4.90 Å². The normalized spacial score (nSPS) is 29.1. The van der Waals surface area contributed by atoms with Gasteiger partial charge in [-0.25, -0.2) is 0 Å². The van der Waals surface area contributed by atoms with E-state index in [0.29, 0.717) is 10.9 Å². The highest BCUT2D eigenvalue weighted by molar-refractivity contribution is 7.97. The second kappa shape index (κ2) is 3.53. The molecule has 2 atom stereocenters. The minimum Gasteiger partial charge on any atom is -0.0619 e. The molecule has 12 heavy (non-hydrogen) atoms. The van der Waals surface area contributed by atoms with Crippen molar-refractivity contribution in [1.29, 1.82) is 0 Å². The maximum absolute atomic E-state index is 2.37. The molecule has 1 heteroatoms. The van der Waals surface area contributed by atoms with Gasteiger partial charge in [-0.2, -0.15) is 0 Å². The first-order chi connectivity index (χ1) is 5.86. The zero-order chi connectivity index (χ0) is 8.39. The topological polar surface area (TPSA) is 0 Å². The van der Waals surface area contributed by atoms with Gasteiger partial charge >= 0.3 is 0 Å². The van der Waals surface area contributed by atoms with Crippen LogP contribution in [0, 0.1) is 5.92 Å². The van der Waals surface area contributed by atoms with E-state index in [0.717, 1.165) is 5.92 Å². The van der Waals surface area contributed by atoms with Gasteiger partial charge < -0.3 is 0 Å². The largest absolute Gasteiger partial charge is 0.154 e. The standard InChI is InChI=1S/C11H15S/c1-10-7-8-12(9-10)11-5-3-2-4-6-11/h2-6,10H,7-9H2,1H3/q+1/t10-,12?/m0/s1. The maximum Gasteiger partial charge on any atom is 0.154 e. The summed E-state index contributed by atoms with van der Waals surface area (Å²) >= 11 is 0. The predicted molar refractivity (Wildman–Crippen MR) is 55.6 cm³/mol. The van der Waals surface area contributed by atoms with Gasteiger partial charge in [-0.3, -0.25) is 0 Å². The lowest BCUT2D eigenvalue weighted by Gasteiger charge is -1.98. The molecule has 1 heterocycles. The summed E-state index contributed by atoms with van der Waals surface area (Å²) in [4.78, 5) is 1.57. The Kier molecular flexibility index (Phi) is 2.40. The van der Waals surface area contributed by atoms with Gasteiger partial charge in [-0.15, -0.1) is 0 Å². The molecule has 0 N–H and O–H groups in total. The van der Waals surface area contributed by atoms with Gasteiger partial charge in [-0.1, -0.05) is 25.1 Å². The fourth-order valence-corrected chi connectivity index (χ4v) is 4.36. The van der Waals surface area contributed by atoms with Gasteiger partial charge in [0.2, 0.25) is 0 Å². The molecule has 1 saturated heterocycles. The predicted octanol–water partition coefficient (Wildman–Crippen LogP) is 2.70. The average Bonchev–Trinajstić information content (AvgIpc) is 2.54. The second-order valence-electron chi connectivity index (χ2n) is 3.57. The number of rotatable bonds is 1. The molecule has 0 nitrogen and oxygen atoms in total. The molecule has 0 spiro atoms. The molecule has 64 valence electrons. The summed E-state index contributed by atoms with van der Waals surface area (Å²) in [5.41, 5.74) is 0. The molecular formula is C11H15S+. The first-order valence-corrected chi connectivity index (χ1v) is 6.15. The average molecular weight is 179 g/mol. The van der Waals surface area contributed by atoms with E-state index in [2.05, 4.69) is 37.3 Å². The van der Waals surface area contributed by atoms with Crippen molar-refractivity contribution in [2.24, 2.45) is 5.92 Å². The van der Waals surface area contributed by atoms with Crippen LogP contribution < -0.4 is 0 Å². The molecule has 0 aromatic heterocycles. The molecule has 1 aromatic rings. The van der Waals surface area contributed by atoms with Crippen LogP contribution in [0.4, 0.5) is 0 Å². The highest BCUT2D eigenvalue weighted by Gasteiger charge is 2.31. The van der Waals surface area contributed by atoms with Crippen LogP contribution in [-0.2, 0) is 10.9 Å². The van der Waals surface area contributed by atoms with Crippen LogP contribution in [0.3, 0.4) is 0 Å². The molecule has 1 unspecified atom stereocenters. The highest BCUT2D eigenvalue weighted by Crippen LogP contribution is 2.26. The fourth-order valence-electron chi connectivity index (χ4n) is 1.68.